The van der Waals surface area contributed by atoms with E-state index in [4.69, 9.17) is 0 Å². The average molecular weight is 425 g/mol. The van der Waals surface area contributed by atoms with E-state index in [0.717, 1.165) is 0 Å². The number of hydrogen-bond donors (Lipinski definition) is 1. The van der Waals surface area contributed by atoms with E-state index in [1.165, 1.54) is 4.72 Å². The van der Waals surface area contributed by atoms with Crippen molar-refractivity contribution in [2.24, 2.45) is 0 Å². The lowest BCUT2D eigenvalue weighted by atomic mass is 10.0. The minimum atomic E-state index is -6.35. The van der Waals surface area contributed by atoms with Gasteiger partial charge in [-0.3, -0.25) is 4.79 Å². The van der Waals surface area contributed by atoms with Gasteiger partial charge in [-0.25, -0.2) is 17.5 Å². The van der Waals surface area contributed by atoms with Gasteiger partial charge in [0.1, 0.15) is 13.2 Å². The van der Waals surface area contributed by atoms with Crippen LogP contribution in [0.4, 0.5) is 30.7 Å². The lowest BCUT2D eigenvalue weighted by molar-refractivity contribution is -0.341. The standard InChI is InChI=1S/C14H14F7NO4S/c15-12(13(16,17)18,14(19,20)21)6-7-27(24,25)22-8-11(23)26-9-10-4-2-1-3-5-10/h1-5,22H,6-9H2. The molecular weight excluding hydrogens is 411 g/mol. The number of carbonyl (C=O) groups is 1. The fourth-order valence-corrected chi connectivity index (χ4v) is 2.78. The maximum atomic E-state index is 13.4. The molecule has 0 radical (unpaired) electrons. The molecule has 0 aromatic heterocycles. The fraction of sp³-hybridized carbons (Fsp3) is 0.500. The smallest absolute Gasteiger partial charge is 0.431 e. The average Bonchev–Trinajstić information content (AvgIpc) is 2.55. The van der Waals surface area contributed by atoms with Crippen molar-refractivity contribution >= 4 is 16.0 Å². The van der Waals surface area contributed by atoms with E-state index in [-0.39, 0.29) is 6.61 Å². The van der Waals surface area contributed by atoms with E-state index < -0.39 is 52.7 Å². The lowest BCUT2D eigenvalue weighted by Gasteiger charge is -2.29. The van der Waals surface area contributed by atoms with Crippen molar-refractivity contribution in [2.75, 3.05) is 12.3 Å². The highest BCUT2D eigenvalue weighted by Crippen LogP contribution is 2.48. The number of halogens is 7. The van der Waals surface area contributed by atoms with E-state index in [2.05, 4.69) is 4.74 Å². The summed E-state index contributed by atoms with van der Waals surface area (Å²) < 4.78 is 117. The number of carbonyl (C=O) groups excluding carboxylic acids is 1. The minimum Gasteiger partial charge on any atom is -0.460 e. The molecule has 13 heteroatoms. The van der Waals surface area contributed by atoms with Gasteiger partial charge in [0.05, 0.1) is 5.75 Å². The molecule has 5 nitrogen and oxygen atoms in total. The van der Waals surface area contributed by atoms with E-state index in [0.29, 0.717) is 5.56 Å². The number of rotatable bonds is 8. The summed E-state index contributed by atoms with van der Waals surface area (Å²) in [5.41, 5.74) is -5.13. The van der Waals surface area contributed by atoms with Gasteiger partial charge in [0, 0.05) is 6.42 Å². The molecule has 1 aromatic rings. The van der Waals surface area contributed by atoms with Crippen molar-refractivity contribution in [1.82, 2.24) is 4.72 Å². The SMILES string of the molecule is O=C(CNS(=O)(=O)CCC(F)(C(F)(F)F)C(F)(F)F)OCc1ccccc1. The van der Waals surface area contributed by atoms with Gasteiger partial charge < -0.3 is 4.74 Å². The second-order valence-electron chi connectivity index (χ2n) is 5.33. The second kappa shape index (κ2) is 8.42. The first-order chi connectivity index (χ1) is 12.2. The number of sulfonamides is 1. The molecule has 0 saturated heterocycles. The summed E-state index contributed by atoms with van der Waals surface area (Å²) in [6.07, 6.45) is -15.1. The van der Waals surface area contributed by atoms with Crippen LogP contribution in [-0.2, 0) is 26.2 Å². The maximum Gasteiger partial charge on any atom is 0.431 e. The van der Waals surface area contributed by atoms with Gasteiger partial charge >= 0.3 is 18.3 Å². The van der Waals surface area contributed by atoms with Crippen molar-refractivity contribution in [3.05, 3.63) is 35.9 Å². The molecule has 1 rings (SSSR count). The van der Waals surface area contributed by atoms with Gasteiger partial charge in [-0.1, -0.05) is 30.3 Å². The Morgan fingerprint density at radius 2 is 1.48 bits per heavy atom. The molecule has 0 amide bonds. The highest BCUT2D eigenvalue weighted by atomic mass is 32.2. The summed E-state index contributed by atoms with van der Waals surface area (Å²) in [6, 6.07) is 8.14. The molecule has 154 valence electrons. The summed E-state index contributed by atoms with van der Waals surface area (Å²) in [5, 5.41) is 0. The molecule has 0 aliphatic carbocycles. The molecule has 0 fully saturated rings. The van der Waals surface area contributed by atoms with Gasteiger partial charge in [-0.15, -0.1) is 0 Å². The van der Waals surface area contributed by atoms with Crippen LogP contribution in [0.5, 0.6) is 0 Å². The molecule has 0 spiro atoms. The van der Waals surface area contributed by atoms with Gasteiger partial charge in [0.25, 0.3) is 5.67 Å². The Balaban J connectivity index is 2.59. The Kier molecular flexibility index (Phi) is 7.22. The number of ether oxygens (including phenoxy) is 1. The zero-order chi connectivity index (χ0) is 20.9. The summed E-state index contributed by atoms with van der Waals surface area (Å²) in [7, 11) is -4.80. The van der Waals surface area contributed by atoms with Crippen LogP contribution in [0.25, 0.3) is 0 Å². The summed E-state index contributed by atoms with van der Waals surface area (Å²) in [6.45, 7) is -1.26. The first-order valence-corrected chi connectivity index (χ1v) is 8.82. The number of benzene rings is 1. The van der Waals surface area contributed by atoms with Crippen molar-refractivity contribution in [3.63, 3.8) is 0 Å². The van der Waals surface area contributed by atoms with E-state index in [1.807, 2.05) is 0 Å². The first-order valence-electron chi connectivity index (χ1n) is 7.17. The Labute approximate surface area is 149 Å². The summed E-state index contributed by atoms with van der Waals surface area (Å²) >= 11 is 0. The molecule has 1 aromatic carbocycles. The van der Waals surface area contributed by atoms with Crippen molar-refractivity contribution < 1.29 is 48.7 Å². The second-order valence-corrected chi connectivity index (χ2v) is 7.26. The van der Waals surface area contributed by atoms with Crippen molar-refractivity contribution in [2.45, 2.75) is 31.0 Å². The van der Waals surface area contributed by atoms with Gasteiger partial charge in [0.15, 0.2) is 0 Å². The van der Waals surface area contributed by atoms with Crippen molar-refractivity contribution in [3.8, 4) is 0 Å². The third-order valence-electron chi connectivity index (χ3n) is 3.29. The van der Waals surface area contributed by atoms with Crippen LogP contribution in [0.2, 0.25) is 0 Å². The topological polar surface area (TPSA) is 72.5 Å². The van der Waals surface area contributed by atoms with E-state index in [1.54, 1.807) is 30.3 Å². The molecule has 0 unspecified atom stereocenters. The number of alkyl halides is 7. The molecule has 0 bridgehead atoms. The zero-order valence-electron chi connectivity index (χ0n) is 13.4. The molecule has 0 atom stereocenters. The maximum absolute atomic E-state index is 13.4. The van der Waals surface area contributed by atoms with Crippen LogP contribution >= 0.6 is 0 Å². The van der Waals surface area contributed by atoms with E-state index in [9.17, 15) is 43.9 Å². The monoisotopic (exact) mass is 425 g/mol. The molecule has 1 N–H and O–H groups in total. The minimum absolute atomic E-state index is 0.225. The number of esters is 1. The third kappa shape index (κ3) is 6.65. The number of hydrogen-bond acceptors (Lipinski definition) is 4. The van der Waals surface area contributed by atoms with Crippen LogP contribution in [0, 0.1) is 0 Å². The third-order valence-corrected chi connectivity index (χ3v) is 4.62. The van der Waals surface area contributed by atoms with Crippen LogP contribution in [-0.4, -0.2) is 44.7 Å². The van der Waals surface area contributed by atoms with E-state index >= 15 is 0 Å². The molecule has 0 aliphatic heterocycles. The van der Waals surface area contributed by atoms with Gasteiger partial charge in [0.2, 0.25) is 10.0 Å². The predicted octanol–water partition coefficient (Wildman–Crippen LogP) is 2.87. The Hall–Kier alpha value is -1.89. The summed E-state index contributed by atoms with van der Waals surface area (Å²) in [4.78, 5) is 11.4. The van der Waals surface area contributed by atoms with Crippen LogP contribution in [0.3, 0.4) is 0 Å². The van der Waals surface area contributed by atoms with Crippen molar-refractivity contribution in [1.29, 1.82) is 0 Å². The zero-order valence-corrected chi connectivity index (χ0v) is 14.2. The largest absolute Gasteiger partial charge is 0.460 e. The highest BCUT2D eigenvalue weighted by Gasteiger charge is 2.72. The Morgan fingerprint density at radius 3 is 1.96 bits per heavy atom. The lowest BCUT2D eigenvalue weighted by Crippen LogP contribution is -2.54. The number of nitrogens with one attached hydrogen (secondary N) is 1. The highest BCUT2D eigenvalue weighted by molar-refractivity contribution is 7.89. The van der Waals surface area contributed by atoms with Crippen LogP contribution in [0.1, 0.15) is 12.0 Å². The predicted molar refractivity (Wildman–Crippen MR) is 78.6 cm³/mol. The molecule has 0 aliphatic rings. The molecular formula is C14H14F7NO4S. The molecule has 0 saturated carbocycles. The van der Waals surface area contributed by atoms with Gasteiger partial charge in [-0.2, -0.15) is 26.3 Å². The quantitative estimate of drug-likeness (QED) is 0.514. The van der Waals surface area contributed by atoms with Crippen LogP contribution in [0.15, 0.2) is 30.3 Å². The first kappa shape index (κ1) is 23.1. The summed E-state index contributed by atoms with van der Waals surface area (Å²) in [5.74, 6) is -2.96. The Bertz CT molecular complexity index is 718. The molecule has 0 heterocycles. The Morgan fingerprint density at radius 1 is 0.963 bits per heavy atom. The fourth-order valence-electron chi connectivity index (χ4n) is 1.75. The van der Waals surface area contributed by atoms with Crippen LogP contribution < -0.4 is 4.72 Å². The normalized spacial score (nSPS) is 13.4. The van der Waals surface area contributed by atoms with Gasteiger partial charge in [-0.05, 0) is 5.56 Å². The molecule has 27 heavy (non-hydrogen) atoms.